The van der Waals surface area contributed by atoms with Crippen molar-refractivity contribution in [3.8, 4) is 0 Å². The summed E-state index contributed by atoms with van der Waals surface area (Å²) in [6.07, 6.45) is -1.51. The molecule has 0 bridgehead atoms. The highest BCUT2D eigenvalue weighted by Crippen LogP contribution is 2.29. The van der Waals surface area contributed by atoms with E-state index in [0.29, 0.717) is 26.4 Å². The predicted octanol–water partition coefficient (Wildman–Crippen LogP) is 4.75. The van der Waals surface area contributed by atoms with Crippen LogP contribution in [0.1, 0.15) is 16.7 Å². The number of hydrogen-bond donors (Lipinski definition) is 0. The van der Waals surface area contributed by atoms with Crippen LogP contribution >= 0.6 is 0 Å². The molecule has 0 aliphatic carbocycles. The largest absolute Gasteiger partial charge is 0.374 e. The summed E-state index contributed by atoms with van der Waals surface area (Å²) in [5.41, 5.74) is 3.31. The molecule has 0 aromatic heterocycles. The monoisotopic (exact) mass is 434 g/mol. The highest BCUT2D eigenvalue weighted by atomic mass is 16.7. The Morgan fingerprint density at radius 3 is 1.59 bits per heavy atom. The van der Waals surface area contributed by atoms with Crippen molar-refractivity contribution in [1.82, 2.24) is 0 Å². The Hall–Kier alpha value is -2.54. The third kappa shape index (κ3) is 6.25. The van der Waals surface area contributed by atoms with E-state index in [0.717, 1.165) is 16.7 Å². The summed E-state index contributed by atoms with van der Waals surface area (Å²) in [6, 6.07) is 30.3. The summed E-state index contributed by atoms with van der Waals surface area (Å²) < 4.78 is 30.3. The standard InChI is InChI=1S/C27H30O5/c1-28-27-26(31-19-23-15-9-4-10-16-23)25(30-18-22-13-7-3-8-14-22)24(32-27)20-29-17-21-11-5-2-6-12-21/h2-16,24-27H,17-20H2,1H3/t24-,25?,26+,27+/m1/s1. The van der Waals surface area contributed by atoms with E-state index in [2.05, 4.69) is 0 Å². The van der Waals surface area contributed by atoms with Crippen molar-refractivity contribution < 1.29 is 23.7 Å². The van der Waals surface area contributed by atoms with Crippen LogP contribution < -0.4 is 0 Å². The van der Waals surface area contributed by atoms with Gasteiger partial charge in [0.25, 0.3) is 0 Å². The summed E-state index contributed by atoms with van der Waals surface area (Å²) in [6.45, 7) is 1.82. The van der Waals surface area contributed by atoms with Gasteiger partial charge in [0.05, 0.1) is 26.4 Å². The van der Waals surface area contributed by atoms with Gasteiger partial charge in [-0.2, -0.15) is 0 Å². The summed E-state index contributed by atoms with van der Waals surface area (Å²) in [7, 11) is 1.63. The van der Waals surface area contributed by atoms with Crippen molar-refractivity contribution in [2.45, 2.75) is 44.4 Å². The molecular weight excluding hydrogens is 404 g/mol. The van der Waals surface area contributed by atoms with Gasteiger partial charge < -0.3 is 23.7 Å². The second-order valence-electron chi connectivity index (χ2n) is 7.80. The van der Waals surface area contributed by atoms with Crippen molar-refractivity contribution in [2.24, 2.45) is 0 Å². The second kappa shape index (κ2) is 11.9. The average Bonchev–Trinajstić information content (AvgIpc) is 3.19. The number of hydrogen-bond acceptors (Lipinski definition) is 5. The molecule has 1 aliphatic rings. The van der Waals surface area contributed by atoms with E-state index in [4.69, 9.17) is 23.7 Å². The van der Waals surface area contributed by atoms with Crippen LogP contribution in [0, 0.1) is 0 Å². The normalized spacial score (nSPS) is 22.8. The molecule has 32 heavy (non-hydrogen) atoms. The Bertz CT molecular complexity index is 903. The van der Waals surface area contributed by atoms with Gasteiger partial charge in [-0.15, -0.1) is 0 Å². The van der Waals surface area contributed by atoms with Crippen molar-refractivity contribution in [2.75, 3.05) is 13.7 Å². The Kier molecular flexibility index (Phi) is 8.42. The Morgan fingerprint density at radius 2 is 1.09 bits per heavy atom. The lowest BCUT2D eigenvalue weighted by molar-refractivity contribution is -0.170. The lowest BCUT2D eigenvalue weighted by Gasteiger charge is -2.24. The van der Waals surface area contributed by atoms with E-state index in [1.807, 2.05) is 91.0 Å². The molecule has 168 valence electrons. The van der Waals surface area contributed by atoms with Gasteiger partial charge in [0.1, 0.15) is 18.3 Å². The molecule has 0 saturated carbocycles. The van der Waals surface area contributed by atoms with Crippen LogP contribution in [0.5, 0.6) is 0 Å². The Labute approximate surface area is 189 Å². The molecule has 3 aromatic carbocycles. The topological polar surface area (TPSA) is 46.2 Å². The van der Waals surface area contributed by atoms with Gasteiger partial charge in [-0.05, 0) is 16.7 Å². The molecule has 1 fully saturated rings. The minimum absolute atomic E-state index is 0.298. The lowest BCUT2D eigenvalue weighted by atomic mass is 10.1. The van der Waals surface area contributed by atoms with E-state index in [1.165, 1.54) is 0 Å². The number of ether oxygens (including phenoxy) is 5. The van der Waals surface area contributed by atoms with E-state index >= 15 is 0 Å². The van der Waals surface area contributed by atoms with Gasteiger partial charge in [0, 0.05) is 7.11 Å². The highest BCUT2D eigenvalue weighted by molar-refractivity contribution is 5.15. The molecule has 4 atom stereocenters. The fourth-order valence-corrected chi connectivity index (χ4v) is 3.79. The molecule has 4 rings (SSSR count). The van der Waals surface area contributed by atoms with Crippen molar-refractivity contribution in [3.05, 3.63) is 108 Å². The third-order valence-corrected chi connectivity index (χ3v) is 5.46. The molecule has 0 N–H and O–H groups in total. The van der Waals surface area contributed by atoms with Crippen LogP contribution in [0.3, 0.4) is 0 Å². The van der Waals surface area contributed by atoms with Gasteiger partial charge in [-0.25, -0.2) is 0 Å². The first-order chi connectivity index (χ1) is 15.8. The fraction of sp³-hybridized carbons (Fsp3) is 0.333. The van der Waals surface area contributed by atoms with Crippen molar-refractivity contribution in [3.63, 3.8) is 0 Å². The van der Waals surface area contributed by atoms with Crippen LogP contribution in [0.25, 0.3) is 0 Å². The average molecular weight is 435 g/mol. The van der Waals surface area contributed by atoms with E-state index in [9.17, 15) is 0 Å². The van der Waals surface area contributed by atoms with Gasteiger partial charge >= 0.3 is 0 Å². The molecule has 1 unspecified atom stereocenters. The predicted molar refractivity (Wildman–Crippen MR) is 122 cm³/mol. The molecule has 1 heterocycles. The lowest BCUT2D eigenvalue weighted by Crippen LogP contribution is -2.39. The SMILES string of the molecule is CO[C@H]1O[C@H](COCc2ccccc2)C(OCc2ccccc2)[C@@H]1OCc1ccccc1. The van der Waals surface area contributed by atoms with Crippen LogP contribution in [0.4, 0.5) is 0 Å². The molecular formula is C27H30O5. The summed E-state index contributed by atoms with van der Waals surface area (Å²) >= 11 is 0. The third-order valence-electron chi connectivity index (χ3n) is 5.46. The quantitative estimate of drug-likeness (QED) is 0.436. The van der Waals surface area contributed by atoms with Gasteiger partial charge in [0.15, 0.2) is 6.29 Å². The molecule has 0 spiro atoms. The zero-order valence-corrected chi connectivity index (χ0v) is 18.3. The summed E-state index contributed by atoms with van der Waals surface area (Å²) in [5.74, 6) is 0. The molecule has 0 amide bonds. The minimum Gasteiger partial charge on any atom is -0.374 e. The first-order valence-corrected chi connectivity index (χ1v) is 10.9. The molecule has 3 aromatic rings. The van der Waals surface area contributed by atoms with Crippen molar-refractivity contribution >= 4 is 0 Å². The molecule has 1 aliphatic heterocycles. The first-order valence-electron chi connectivity index (χ1n) is 10.9. The van der Waals surface area contributed by atoms with E-state index < -0.39 is 6.29 Å². The molecule has 0 radical (unpaired) electrons. The van der Waals surface area contributed by atoms with E-state index in [-0.39, 0.29) is 18.3 Å². The zero-order valence-electron chi connectivity index (χ0n) is 18.3. The maximum Gasteiger partial charge on any atom is 0.186 e. The molecule has 5 heteroatoms. The van der Waals surface area contributed by atoms with Gasteiger partial charge in [-0.1, -0.05) is 91.0 Å². The summed E-state index contributed by atoms with van der Waals surface area (Å²) in [5, 5.41) is 0. The van der Waals surface area contributed by atoms with Crippen LogP contribution in [0.2, 0.25) is 0 Å². The molecule has 1 saturated heterocycles. The smallest absolute Gasteiger partial charge is 0.186 e. The maximum absolute atomic E-state index is 6.33. The Balaban J connectivity index is 1.42. The van der Waals surface area contributed by atoms with Crippen LogP contribution in [-0.2, 0) is 43.5 Å². The second-order valence-corrected chi connectivity index (χ2v) is 7.80. The minimum atomic E-state index is -0.523. The van der Waals surface area contributed by atoms with E-state index in [1.54, 1.807) is 7.11 Å². The van der Waals surface area contributed by atoms with Gasteiger partial charge in [-0.3, -0.25) is 0 Å². The maximum atomic E-state index is 6.33. The van der Waals surface area contributed by atoms with Gasteiger partial charge in [0.2, 0.25) is 0 Å². The van der Waals surface area contributed by atoms with Crippen molar-refractivity contribution in [1.29, 1.82) is 0 Å². The number of rotatable bonds is 11. The molecule has 5 nitrogen and oxygen atoms in total. The zero-order chi connectivity index (χ0) is 22.0. The number of methoxy groups -OCH3 is 1. The first kappa shape index (κ1) is 22.6. The summed E-state index contributed by atoms with van der Waals surface area (Å²) in [4.78, 5) is 0. The highest BCUT2D eigenvalue weighted by Gasteiger charge is 2.46. The number of benzene rings is 3. The fourth-order valence-electron chi connectivity index (χ4n) is 3.79. The van der Waals surface area contributed by atoms with Crippen LogP contribution in [-0.4, -0.2) is 38.3 Å². The van der Waals surface area contributed by atoms with Crippen LogP contribution in [0.15, 0.2) is 91.0 Å². The Morgan fingerprint density at radius 1 is 0.625 bits per heavy atom.